The summed E-state index contributed by atoms with van der Waals surface area (Å²) < 4.78 is 58.6. The number of hydrogen-bond acceptors (Lipinski definition) is 5. The van der Waals surface area contributed by atoms with Crippen LogP contribution >= 0.6 is 11.6 Å². The Morgan fingerprint density at radius 3 is 2.28 bits per heavy atom. The van der Waals surface area contributed by atoms with E-state index in [1.54, 1.807) is 39.4 Å². The van der Waals surface area contributed by atoms with Gasteiger partial charge in [0, 0.05) is 18.3 Å². The van der Waals surface area contributed by atoms with Crippen LogP contribution in [0.2, 0.25) is 5.02 Å². The van der Waals surface area contributed by atoms with Gasteiger partial charge >= 0.3 is 0 Å². The lowest BCUT2D eigenvalue weighted by atomic mass is 9.60. The Balaban J connectivity index is 1.31. The lowest BCUT2D eigenvalue weighted by molar-refractivity contribution is 0.0733. The number of carbonyl (C=O) groups is 1. The molecule has 2 aromatic heterocycles. The molecule has 220 valence electrons. The first-order valence-electron chi connectivity index (χ1n) is 14.2. The van der Waals surface area contributed by atoms with Crippen molar-refractivity contribution in [2.75, 3.05) is 0 Å². The zero-order valence-corrected chi connectivity index (χ0v) is 24.5. The summed E-state index contributed by atoms with van der Waals surface area (Å²) in [6, 6.07) is 13.5. The molecular weight excluding hydrogens is 594 g/mol. The third kappa shape index (κ3) is 4.91. The molecular formula is C32H27ClF2N4O3S. The van der Waals surface area contributed by atoms with Gasteiger partial charge in [-0.1, -0.05) is 17.2 Å². The fourth-order valence-corrected chi connectivity index (χ4v) is 8.60. The first-order valence-corrected chi connectivity index (χ1v) is 16.0. The van der Waals surface area contributed by atoms with Gasteiger partial charge < -0.3 is 0 Å². The minimum atomic E-state index is -3.95. The predicted octanol–water partition coefficient (Wildman–Crippen LogP) is 6.41. The zero-order chi connectivity index (χ0) is 29.9. The molecule has 2 aromatic carbocycles. The van der Waals surface area contributed by atoms with E-state index in [0.29, 0.717) is 30.0 Å². The van der Waals surface area contributed by atoms with E-state index in [0.717, 1.165) is 41.8 Å². The highest BCUT2D eigenvalue weighted by atomic mass is 35.5. The number of sulfonamides is 1. The van der Waals surface area contributed by atoms with Gasteiger partial charge in [-0.25, -0.2) is 21.9 Å². The number of pyridine rings is 1. The Bertz CT molecular complexity index is 1850. The van der Waals surface area contributed by atoms with Crippen LogP contribution in [0.3, 0.4) is 0 Å². The lowest BCUT2D eigenvalue weighted by Crippen LogP contribution is -2.51. The van der Waals surface area contributed by atoms with Gasteiger partial charge in [0.25, 0.3) is 0 Å². The van der Waals surface area contributed by atoms with Crippen LogP contribution in [-0.4, -0.2) is 45.4 Å². The van der Waals surface area contributed by atoms with Crippen molar-refractivity contribution in [2.24, 2.45) is 5.41 Å². The van der Waals surface area contributed by atoms with Crippen LogP contribution < -0.4 is 0 Å². The van der Waals surface area contributed by atoms with Crippen molar-refractivity contribution in [3.63, 3.8) is 0 Å². The van der Waals surface area contributed by atoms with Gasteiger partial charge in [0.15, 0.2) is 5.78 Å². The van der Waals surface area contributed by atoms with Crippen molar-refractivity contribution in [1.29, 1.82) is 0 Å². The molecule has 2 saturated carbocycles. The molecule has 2 heterocycles. The van der Waals surface area contributed by atoms with E-state index in [1.165, 1.54) is 30.5 Å². The van der Waals surface area contributed by atoms with Crippen LogP contribution in [0.15, 0.2) is 83.5 Å². The van der Waals surface area contributed by atoms with Gasteiger partial charge in [-0.05, 0) is 111 Å². The van der Waals surface area contributed by atoms with E-state index in [1.807, 2.05) is 6.08 Å². The second-order valence-corrected chi connectivity index (χ2v) is 13.8. The molecule has 0 radical (unpaired) electrons. The van der Waals surface area contributed by atoms with E-state index in [9.17, 15) is 22.0 Å². The summed E-state index contributed by atoms with van der Waals surface area (Å²) in [5, 5.41) is 4.98. The minimum absolute atomic E-state index is 0.0355. The van der Waals surface area contributed by atoms with E-state index >= 15 is 0 Å². The van der Waals surface area contributed by atoms with Crippen LogP contribution in [0.5, 0.6) is 0 Å². The van der Waals surface area contributed by atoms with Gasteiger partial charge in [-0.3, -0.25) is 9.78 Å². The highest BCUT2D eigenvalue weighted by Crippen LogP contribution is 2.52. The van der Waals surface area contributed by atoms with Crippen molar-refractivity contribution in [3.05, 3.63) is 112 Å². The van der Waals surface area contributed by atoms with Gasteiger partial charge in [0.05, 0.1) is 32.9 Å². The smallest absolute Gasteiger partial charge is 0.243 e. The predicted molar refractivity (Wildman–Crippen MR) is 157 cm³/mol. The van der Waals surface area contributed by atoms with Gasteiger partial charge in [0.1, 0.15) is 17.3 Å². The molecule has 0 aliphatic heterocycles. The fraction of sp³-hybridized carbons (Fsp3) is 0.281. The number of ketones is 1. The van der Waals surface area contributed by atoms with Crippen molar-refractivity contribution in [1.82, 2.24) is 19.1 Å². The molecule has 0 bridgehead atoms. The molecule has 2 atom stereocenters. The summed E-state index contributed by atoms with van der Waals surface area (Å²) >= 11 is 6.08. The van der Waals surface area contributed by atoms with Crippen molar-refractivity contribution in [3.8, 4) is 5.69 Å². The number of carbonyl (C=O) groups excluding carboxylic acids is 1. The Morgan fingerprint density at radius 2 is 1.63 bits per heavy atom. The van der Waals surface area contributed by atoms with Gasteiger partial charge in [-0.2, -0.15) is 9.40 Å². The summed E-state index contributed by atoms with van der Waals surface area (Å²) in [6.07, 6.45) is 8.17. The van der Waals surface area contributed by atoms with E-state index < -0.39 is 27.3 Å². The highest BCUT2D eigenvalue weighted by Gasteiger charge is 2.53. The molecule has 2 fully saturated rings. The molecule has 4 aromatic rings. The maximum atomic E-state index is 14.5. The standard InChI is InChI=1S/C32H27ClF2N4O3S/c33-22-2-14-29(36-19-22)31(40)32-16-20-18-37-38(25-8-3-23(34)4-9-25)30(20)15-21(32)1-7-27(17-32)39(26-10-11-26)43(41,42)28-12-5-24(35)6-13-28/h2-6,8-9,12-15,18-19,26-27H,1,7,10-11,16-17H2/t27-,32-/m0/s1. The first-order chi connectivity index (χ1) is 20.7. The van der Waals surface area contributed by atoms with Gasteiger partial charge in [-0.15, -0.1) is 0 Å². The number of aromatic nitrogens is 3. The lowest BCUT2D eigenvalue weighted by Gasteiger charge is -2.46. The van der Waals surface area contributed by atoms with Crippen molar-refractivity contribution < 1.29 is 22.0 Å². The average molecular weight is 621 g/mol. The molecule has 0 saturated heterocycles. The topological polar surface area (TPSA) is 85.2 Å². The summed E-state index contributed by atoms with van der Waals surface area (Å²) in [6.45, 7) is 0. The molecule has 3 aliphatic rings. The number of Topliss-reactive ketones (excluding diaryl/α,β-unsaturated/α-hetero) is 1. The number of benzene rings is 2. The number of nitrogens with zero attached hydrogens (tertiary/aromatic N) is 4. The van der Waals surface area contributed by atoms with E-state index in [2.05, 4.69) is 10.1 Å². The number of rotatable bonds is 7. The van der Waals surface area contributed by atoms with E-state index in [-0.39, 0.29) is 34.7 Å². The Hall–Kier alpha value is -3.73. The Labute approximate surface area is 252 Å². The Kier molecular flexibility index (Phi) is 6.83. The normalized spacial score (nSPS) is 21.7. The quantitative estimate of drug-likeness (QED) is 0.223. The number of fused-ring (bicyclic) bond motifs is 2. The Morgan fingerprint density at radius 1 is 0.930 bits per heavy atom. The first kappa shape index (κ1) is 28.1. The number of allylic oxidation sites excluding steroid dienone is 1. The van der Waals surface area contributed by atoms with Crippen LogP contribution in [0, 0.1) is 17.0 Å². The van der Waals surface area contributed by atoms with Crippen LogP contribution in [0.25, 0.3) is 11.8 Å². The third-order valence-corrected chi connectivity index (χ3v) is 11.0. The molecule has 3 aliphatic carbocycles. The average Bonchev–Trinajstić information content (AvgIpc) is 3.75. The number of halogens is 3. The maximum Gasteiger partial charge on any atom is 0.243 e. The molecule has 0 spiro atoms. The second-order valence-electron chi connectivity index (χ2n) is 11.5. The van der Waals surface area contributed by atoms with E-state index in [4.69, 9.17) is 11.6 Å². The molecule has 0 unspecified atom stereocenters. The number of hydrogen-bond donors (Lipinski definition) is 0. The van der Waals surface area contributed by atoms with Crippen LogP contribution in [0.1, 0.15) is 53.8 Å². The summed E-state index contributed by atoms with van der Waals surface area (Å²) in [5.74, 6) is -1.06. The molecule has 0 N–H and O–H groups in total. The molecule has 7 rings (SSSR count). The third-order valence-electron chi connectivity index (χ3n) is 8.76. The zero-order valence-electron chi connectivity index (χ0n) is 23.0. The summed E-state index contributed by atoms with van der Waals surface area (Å²) in [5.41, 5.74) is 2.41. The highest BCUT2D eigenvalue weighted by molar-refractivity contribution is 7.89. The minimum Gasteiger partial charge on any atom is -0.291 e. The second kappa shape index (κ2) is 10.5. The largest absolute Gasteiger partial charge is 0.291 e. The molecule has 43 heavy (non-hydrogen) atoms. The van der Waals surface area contributed by atoms with Crippen molar-refractivity contribution >= 4 is 33.5 Å². The van der Waals surface area contributed by atoms with Crippen molar-refractivity contribution in [2.45, 2.75) is 55.5 Å². The van der Waals surface area contributed by atoms with Crippen LogP contribution in [0.4, 0.5) is 8.78 Å². The molecule has 11 heteroatoms. The SMILES string of the molecule is O=C(c1ccc(Cl)cn1)[C@]12Cc3cnn(-c4ccc(F)cc4)c3C=C1CC[C@H](N(C1CC1)S(=O)(=O)c1ccc(F)cc1)C2. The van der Waals surface area contributed by atoms with Crippen LogP contribution in [-0.2, 0) is 16.4 Å². The monoisotopic (exact) mass is 620 g/mol. The maximum absolute atomic E-state index is 14.5. The fourth-order valence-electron chi connectivity index (χ4n) is 6.59. The molecule has 0 amide bonds. The van der Waals surface area contributed by atoms with Gasteiger partial charge in [0.2, 0.25) is 10.0 Å². The molecule has 7 nitrogen and oxygen atoms in total. The summed E-state index contributed by atoms with van der Waals surface area (Å²) in [7, 11) is -3.95. The summed E-state index contributed by atoms with van der Waals surface area (Å²) in [4.78, 5) is 18.9.